The van der Waals surface area contributed by atoms with E-state index in [-0.39, 0.29) is 0 Å². The van der Waals surface area contributed by atoms with Crippen LogP contribution < -0.4 is 0 Å². The summed E-state index contributed by atoms with van der Waals surface area (Å²) in [7, 11) is 2.03. The molecule has 0 aliphatic carbocycles. The maximum absolute atomic E-state index is 4.20. The molecule has 0 aliphatic rings. The Labute approximate surface area is 65.7 Å². The zero-order valence-electron chi connectivity index (χ0n) is 6.37. The van der Waals surface area contributed by atoms with E-state index in [9.17, 15) is 0 Å². The Hall–Kier alpha value is -0.440. The highest BCUT2D eigenvalue weighted by Gasteiger charge is 1.95. The molecule has 0 N–H and O–H groups in total. The molecule has 1 heterocycles. The number of hydrogen-bond acceptors (Lipinski definition) is 2. The number of aromatic nitrogens is 2. The number of imidazole rings is 1. The highest BCUT2D eigenvalue weighted by Crippen LogP contribution is 2.00. The van der Waals surface area contributed by atoms with Crippen molar-refractivity contribution in [2.75, 3.05) is 12.0 Å². The van der Waals surface area contributed by atoms with Crippen LogP contribution in [0.25, 0.3) is 0 Å². The van der Waals surface area contributed by atoms with Crippen LogP contribution in [0.5, 0.6) is 0 Å². The molecule has 0 radical (unpaired) electrons. The molecule has 0 amide bonds. The van der Waals surface area contributed by atoms with Crippen molar-refractivity contribution in [2.24, 2.45) is 7.05 Å². The monoisotopic (exact) mass is 156 g/mol. The summed E-state index contributed by atoms with van der Waals surface area (Å²) < 4.78 is 2.07. The topological polar surface area (TPSA) is 17.8 Å². The van der Waals surface area contributed by atoms with Gasteiger partial charge in [-0.1, -0.05) is 0 Å². The van der Waals surface area contributed by atoms with E-state index in [1.165, 1.54) is 5.82 Å². The van der Waals surface area contributed by atoms with Crippen molar-refractivity contribution in [3.05, 3.63) is 18.2 Å². The summed E-state index contributed by atoms with van der Waals surface area (Å²) >= 11 is 1.86. The lowest BCUT2D eigenvalue weighted by Gasteiger charge is -1.97. The van der Waals surface area contributed by atoms with E-state index in [2.05, 4.69) is 15.8 Å². The van der Waals surface area contributed by atoms with Gasteiger partial charge in [0.25, 0.3) is 0 Å². The van der Waals surface area contributed by atoms with Crippen molar-refractivity contribution in [3.63, 3.8) is 0 Å². The van der Waals surface area contributed by atoms with Gasteiger partial charge in [0.1, 0.15) is 5.82 Å². The number of nitrogens with zero attached hydrogens (tertiary/aromatic N) is 2. The lowest BCUT2D eigenvalue weighted by Crippen LogP contribution is -1.98. The lowest BCUT2D eigenvalue weighted by molar-refractivity contribution is 0.812. The molecule has 0 fully saturated rings. The fraction of sp³-hybridized carbons (Fsp3) is 0.571. The molecule has 0 aliphatic heterocycles. The normalized spacial score (nSPS) is 10.2. The van der Waals surface area contributed by atoms with Crippen molar-refractivity contribution in [1.82, 2.24) is 9.55 Å². The van der Waals surface area contributed by atoms with Crippen molar-refractivity contribution in [1.29, 1.82) is 0 Å². The smallest absolute Gasteiger partial charge is 0.109 e. The van der Waals surface area contributed by atoms with Gasteiger partial charge in [-0.05, 0) is 6.26 Å². The van der Waals surface area contributed by atoms with Gasteiger partial charge in [0.05, 0.1) is 0 Å². The molecule has 10 heavy (non-hydrogen) atoms. The molecule has 3 heteroatoms. The van der Waals surface area contributed by atoms with Crippen LogP contribution in [-0.4, -0.2) is 21.6 Å². The second-order valence-corrected chi connectivity index (χ2v) is 3.18. The summed E-state index contributed by atoms with van der Waals surface area (Å²) in [6, 6.07) is 0. The zero-order valence-corrected chi connectivity index (χ0v) is 7.19. The van der Waals surface area contributed by atoms with E-state index >= 15 is 0 Å². The summed E-state index contributed by atoms with van der Waals surface area (Å²) in [6.07, 6.45) is 7.01. The predicted octanol–water partition coefficient (Wildman–Crippen LogP) is 1.33. The number of thioether (sulfide) groups is 1. The van der Waals surface area contributed by atoms with E-state index in [4.69, 9.17) is 0 Å². The highest BCUT2D eigenvalue weighted by molar-refractivity contribution is 7.98. The SMILES string of the molecule is CSCCc1nccn1C. The lowest BCUT2D eigenvalue weighted by atomic mass is 10.4. The van der Waals surface area contributed by atoms with E-state index in [0.717, 1.165) is 12.2 Å². The average Bonchev–Trinajstić information content (AvgIpc) is 2.31. The summed E-state index contributed by atoms with van der Waals surface area (Å²) in [5.41, 5.74) is 0. The second kappa shape index (κ2) is 3.66. The van der Waals surface area contributed by atoms with Crippen LogP contribution in [0.1, 0.15) is 5.82 Å². The third kappa shape index (κ3) is 1.77. The maximum Gasteiger partial charge on any atom is 0.109 e. The molecule has 56 valence electrons. The fourth-order valence-electron chi connectivity index (χ4n) is 0.831. The van der Waals surface area contributed by atoms with Gasteiger partial charge in [0.2, 0.25) is 0 Å². The van der Waals surface area contributed by atoms with Crippen molar-refractivity contribution >= 4 is 11.8 Å². The third-order valence-electron chi connectivity index (χ3n) is 1.45. The van der Waals surface area contributed by atoms with Crippen molar-refractivity contribution < 1.29 is 0 Å². The van der Waals surface area contributed by atoms with Crippen LogP contribution in [0.15, 0.2) is 12.4 Å². The summed E-state index contributed by atoms with van der Waals surface area (Å²) in [4.78, 5) is 4.20. The number of rotatable bonds is 3. The first-order chi connectivity index (χ1) is 4.84. The van der Waals surface area contributed by atoms with Gasteiger partial charge in [-0.3, -0.25) is 0 Å². The molecule has 0 spiro atoms. The molecular weight excluding hydrogens is 144 g/mol. The van der Waals surface area contributed by atoms with Crippen LogP contribution >= 0.6 is 11.8 Å². The maximum atomic E-state index is 4.20. The second-order valence-electron chi connectivity index (χ2n) is 2.20. The quantitative estimate of drug-likeness (QED) is 0.657. The van der Waals surface area contributed by atoms with Crippen molar-refractivity contribution in [3.8, 4) is 0 Å². The molecule has 0 unspecified atom stereocenters. The summed E-state index contributed by atoms with van der Waals surface area (Å²) in [5, 5.41) is 0. The first kappa shape index (κ1) is 7.66. The number of hydrogen-bond donors (Lipinski definition) is 0. The minimum Gasteiger partial charge on any atom is -0.338 e. The molecule has 0 bridgehead atoms. The Kier molecular flexibility index (Phi) is 2.81. The van der Waals surface area contributed by atoms with E-state index < -0.39 is 0 Å². The molecule has 1 aromatic heterocycles. The number of aryl methyl sites for hydroxylation is 2. The average molecular weight is 156 g/mol. The molecule has 1 rings (SSSR count). The zero-order chi connectivity index (χ0) is 7.40. The molecule has 0 aromatic carbocycles. The molecule has 1 aromatic rings. The summed E-state index contributed by atoms with van der Waals surface area (Å²) in [5.74, 6) is 2.33. The Bertz CT molecular complexity index is 195. The van der Waals surface area contributed by atoms with Gasteiger partial charge < -0.3 is 4.57 Å². The highest BCUT2D eigenvalue weighted by atomic mass is 32.2. The first-order valence-electron chi connectivity index (χ1n) is 3.29. The van der Waals surface area contributed by atoms with E-state index in [1.807, 2.05) is 31.2 Å². The predicted molar refractivity (Wildman–Crippen MR) is 45.3 cm³/mol. The standard InChI is InChI=1S/C7H12N2S/c1-9-5-4-8-7(9)3-6-10-2/h4-5H,3,6H2,1-2H3. The van der Waals surface area contributed by atoms with Crippen LogP contribution in [0.4, 0.5) is 0 Å². The van der Waals surface area contributed by atoms with Crippen LogP contribution in [0.3, 0.4) is 0 Å². The largest absolute Gasteiger partial charge is 0.338 e. The van der Waals surface area contributed by atoms with Crippen LogP contribution in [-0.2, 0) is 13.5 Å². The van der Waals surface area contributed by atoms with Gasteiger partial charge in [0.15, 0.2) is 0 Å². The molecule has 0 saturated carbocycles. The Balaban J connectivity index is 2.49. The Morgan fingerprint density at radius 3 is 3.00 bits per heavy atom. The van der Waals surface area contributed by atoms with E-state index in [1.54, 1.807) is 0 Å². The van der Waals surface area contributed by atoms with Crippen LogP contribution in [0.2, 0.25) is 0 Å². The van der Waals surface area contributed by atoms with Gasteiger partial charge in [-0.25, -0.2) is 4.98 Å². The summed E-state index contributed by atoms with van der Waals surface area (Å²) in [6.45, 7) is 0. The van der Waals surface area contributed by atoms with Crippen molar-refractivity contribution in [2.45, 2.75) is 6.42 Å². The van der Waals surface area contributed by atoms with Crippen LogP contribution in [0, 0.1) is 0 Å². The minimum absolute atomic E-state index is 1.07. The molecule has 2 nitrogen and oxygen atoms in total. The minimum atomic E-state index is 1.07. The fourth-order valence-corrected chi connectivity index (χ4v) is 1.22. The first-order valence-corrected chi connectivity index (χ1v) is 4.69. The Morgan fingerprint density at radius 2 is 2.50 bits per heavy atom. The molecule has 0 atom stereocenters. The molecular formula is C7H12N2S. The molecule has 0 saturated heterocycles. The van der Waals surface area contributed by atoms with Gasteiger partial charge in [0, 0.05) is 31.6 Å². The van der Waals surface area contributed by atoms with Gasteiger partial charge in [-0.15, -0.1) is 0 Å². The Morgan fingerprint density at radius 1 is 1.70 bits per heavy atom. The van der Waals surface area contributed by atoms with Gasteiger partial charge in [-0.2, -0.15) is 11.8 Å². The van der Waals surface area contributed by atoms with Gasteiger partial charge >= 0.3 is 0 Å². The third-order valence-corrected chi connectivity index (χ3v) is 2.06. The van der Waals surface area contributed by atoms with E-state index in [0.29, 0.717) is 0 Å².